The van der Waals surface area contributed by atoms with Crippen molar-refractivity contribution in [3.05, 3.63) is 35.4 Å². The molecule has 1 heterocycles. The Bertz CT molecular complexity index is 480. The van der Waals surface area contributed by atoms with Gasteiger partial charge in [0.1, 0.15) is 0 Å². The highest BCUT2D eigenvalue weighted by Gasteiger charge is 2.35. The summed E-state index contributed by atoms with van der Waals surface area (Å²) in [6.45, 7) is 2.59. The third-order valence-electron chi connectivity index (χ3n) is 3.44. The third-order valence-corrected chi connectivity index (χ3v) is 3.44. The zero-order valence-corrected chi connectivity index (χ0v) is 13.4. The molecule has 1 aliphatic rings. The number of benzene rings is 1. The predicted octanol–water partition coefficient (Wildman–Crippen LogP) is 3.30. The molecule has 2 rings (SSSR count). The lowest BCUT2D eigenvalue weighted by Crippen LogP contribution is -2.46. The normalized spacial score (nSPS) is 16.8. The first-order chi connectivity index (χ1) is 9.49. The second-order valence-corrected chi connectivity index (χ2v) is 4.85. The molecule has 22 heavy (non-hydrogen) atoms. The molecule has 1 fully saturated rings. The Morgan fingerprint density at radius 2 is 1.68 bits per heavy atom. The summed E-state index contributed by atoms with van der Waals surface area (Å²) in [5.41, 5.74) is 1.07. The largest absolute Gasteiger partial charge is 0.390 e. The number of nitrogens with zero attached hydrogens (tertiary/aromatic N) is 2. The molecular formula is C14H18Cl2F3N3. The van der Waals surface area contributed by atoms with E-state index in [4.69, 9.17) is 5.26 Å². The molecule has 0 saturated carbocycles. The second kappa shape index (κ2) is 9.21. The highest BCUT2D eigenvalue weighted by Crippen LogP contribution is 2.34. The van der Waals surface area contributed by atoms with Crippen molar-refractivity contribution in [2.45, 2.75) is 18.6 Å². The minimum absolute atomic E-state index is 0. The summed E-state index contributed by atoms with van der Waals surface area (Å²) in [4.78, 5) is 1.85. The first-order valence-electron chi connectivity index (χ1n) is 6.51. The molecule has 8 heteroatoms. The molecule has 1 saturated heterocycles. The summed E-state index contributed by atoms with van der Waals surface area (Å²) in [7, 11) is 0. The molecule has 0 bridgehead atoms. The van der Waals surface area contributed by atoms with Crippen LogP contribution in [0.15, 0.2) is 24.3 Å². The molecule has 0 unspecified atom stereocenters. The number of piperazine rings is 1. The monoisotopic (exact) mass is 355 g/mol. The van der Waals surface area contributed by atoms with Crippen LogP contribution in [0.1, 0.15) is 23.6 Å². The van der Waals surface area contributed by atoms with E-state index in [1.54, 1.807) is 24.3 Å². The van der Waals surface area contributed by atoms with Crippen LogP contribution >= 0.6 is 24.8 Å². The summed E-state index contributed by atoms with van der Waals surface area (Å²) in [5, 5.41) is 11.9. The Balaban J connectivity index is 0.00000220. The van der Waals surface area contributed by atoms with Crippen LogP contribution < -0.4 is 5.32 Å². The average molecular weight is 356 g/mol. The lowest BCUT2D eigenvalue weighted by Gasteiger charge is -2.35. The van der Waals surface area contributed by atoms with E-state index in [0.29, 0.717) is 37.3 Å². The fourth-order valence-electron chi connectivity index (χ4n) is 2.45. The van der Waals surface area contributed by atoms with Crippen LogP contribution in [0.5, 0.6) is 0 Å². The Kier molecular flexibility index (Phi) is 8.79. The van der Waals surface area contributed by atoms with Gasteiger partial charge in [0.2, 0.25) is 0 Å². The minimum atomic E-state index is -4.20. The number of nitrogens with one attached hydrogen (secondary N) is 1. The van der Waals surface area contributed by atoms with Crippen LogP contribution in [-0.2, 0) is 0 Å². The van der Waals surface area contributed by atoms with Crippen LogP contribution in [0.3, 0.4) is 0 Å². The molecule has 1 aromatic rings. The van der Waals surface area contributed by atoms with Crippen LogP contribution in [0.2, 0.25) is 0 Å². The van der Waals surface area contributed by atoms with Crippen LogP contribution in [0.4, 0.5) is 13.2 Å². The Labute approximate surface area is 140 Å². The average Bonchev–Trinajstić information content (AvgIpc) is 2.45. The van der Waals surface area contributed by atoms with Crippen molar-refractivity contribution in [3.63, 3.8) is 0 Å². The fraction of sp³-hybridized carbons (Fsp3) is 0.500. The maximum atomic E-state index is 12.8. The van der Waals surface area contributed by atoms with Gasteiger partial charge < -0.3 is 5.32 Å². The number of halogens is 5. The molecule has 1 aromatic carbocycles. The number of alkyl halides is 3. The standard InChI is InChI=1S/C14H16F3N3.2ClH/c15-14(16,17)9-13(20-7-5-19-6-8-20)12-3-1-11(10-18)2-4-12;;/h1-4,13,19H,5-9H2;2*1H/t13-;;/m0../s1. The molecule has 0 amide bonds. The molecule has 0 radical (unpaired) electrons. The van der Waals surface area contributed by atoms with Crippen LogP contribution in [0, 0.1) is 11.3 Å². The Morgan fingerprint density at radius 3 is 2.14 bits per heavy atom. The SMILES string of the molecule is Cl.Cl.N#Cc1ccc([C@H](CC(F)(F)F)N2CCNCC2)cc1. The van der Waals surface area contributed by atoms with Crippen LogP contribution in [0.25, 0.3) is 0 Å². The quantitative estimate of drug-likeness (QED) is 0.903. The minimum Gasteiger partial charge on any atom is -0.314 e. The fourth-order valence-corrected chi connectivity index (χ4v) is 2.45. The van der Waals surface area contributed by atoms with Crippen molar-refractivity contribution in [1.29, 1.82) is 5.26 Å². The van der Waals surface area contributed by atoms with E-state index in [9.17, 15) is 13.2 Å². The van der Waals surface area contributed by atoms with Gasteiger partial charge in [0, 0.05) is 32.2 Å². The topological polar surface area (TPSA) is 39.1 Å². The molecule has 0 spiro atoms. The molecule has 124 valence electrons. The van der Waals surface area contributed by atoms with Crippen molar-refractivity contribution in [3.8, 4) is 6.07 Å². The molecule has 0 aliphatic carbocycles. The lowest BCUT2D eigenvalue weighted by molar-refractivity contribution is -0.148. The van der Waals surface area contributed by atoms with Crippen molar-refractivity contribution < 1.29 is 13.2 Å². The summed E-state index contributed by atoms with van der Waals surface area (Å²) < 4.78 is 38.4. The maximum Gasteiger partial charge on any atom is 0.390 e. The molecular weight excluding hydrogens is 338 g/mol. The van der Waals surface area contributed by atoms with E-state index < -0.39 is 18.6 Å². The van der Waals surface area contributed by atoms with Gasteiger partial charge in [-0.2, -0.15) is 18.4 Å². The van der Waals surface area contributed by atoms with Crippen LogP contribution in [-0.4, -0.2) is 37.3 Å². The molecule has 1 N–H and O–H groups in total. The Hall–Kier alpha value is -1.00. The summed E-state index contributed by atoms with van der Waals surface area (Å²) >= 11 is 0. The van der Waals surface area contributed by atoms with Crippen molar-refractivity contribution >= 4 is 24.8 Å². The Morgan fingerprint density at radius 1 is 1.14 bits per heavy atom. The van der Waals surface area contributed by atoms with E-state index in [0.717, 1.165) is 0 Å². The summed E-state index contributed by atoms with van der Waals surface area (Å²) in [5.74, 6) is 0. The smallest absolute Gasteiger partial charge is 0.314 e. The number of rotatable bonds is 3. The van der Waals surface area contributed by atoms with Gasteiger partial charge in [-0.15, -0.1) is 24.8 Å². The highest BCUT2D eigenvalue weighted by atomic mass is 35.5. The van der Waals surface area contributed by atoms with Gasteiger partial charge in [-0.05, 0) is 17.7 Å². The van der Waals surface area contributed by atoms with Crippen molar-refractivity contribution in [2.24, 2.45) is 0 Å². The number of hydrogen-bond acceptors (Lipinski definition) is 3. The molecule has 1 aliphatic heterocycles. The first kappa shape index (κ1) is 21.0. The van der Waals surface area contributed by atoms with E-state index in [2.05, 4.69) is 5.32 Å². The molecule has 1 atom stereocenters. The predicted molar refractivity (Wildman–Crippen MR) is 83.5 cm³/mol. The number of nitriles is 1. The van der Waals surface area contributed by atoms with Crippen molar-refractivity contribution in [1.82, 2.24) is 10.2 Å². The third kappa shape index (κ3) is 6.01. The van der Waals surface area contributed by atoms with Gasteiger partial charge in [-0.1, -0.05) is 12.1 Å². The van der Waals surface area contributed by atoms with Crippen molar-refractivity contribution in [2.75, 3.05) is 26.2 Å². The lowest BCUT2D eigenvalue weighted by atomic mass is 9.99. The summed E-state index contributed by atoms with van der Waals surface area (Å²) in [6.07, 6.45) is -5.07. The van der Waals surface area contributed by atoms with E-state index in [1.165, 1.54) is 0 Å². The highest BCUT2D eigenvalue weighted by molar-refractivity contribution is 5.85. The molecule has 3 nitrogen and oxygen atoms in total. The van der Waals surface area contributed by atoms with Gasteiger partial charge in [0.15, 0.2) is 0 Å². The van der Waals surface area contributed by atoms with Gasteiger partial charge >= 0.3 is 6.18 Å². The number of hydrogen-bond donors (Lipinski definition) is 1. The van der Waals surface area contributed by atoms with E-state index in [-0.39, 0.29) is 24.8 Å². The van der Waals surface area contributed by atoms with E-state index >= 15 is 0 Å². The van der Waals surface area contributed by atoms with Gasteiger partial charge in [0.25, 0.3) is 0 Å². The maximum absolute atomic E-state index is 12.8. The van der Waals surface area contributed by atoms with Gasteiger partial charge in [-0.25, -0.2) is 0 Å². The summed E-state index contributed by atoms with van der Waals surface area (Å²) in [6, 6.07) is 7.68. The molecule has 0 aromatic heterocycles. The van der Waals surface area contributed by atoms with Gasteiger partial charge in [-0.3, -0.25) is 4.90 Å². The van der Waals surface area contributed by atoms with E-state index in [1.807, 2.05) is 11.0 Å². The zero-order chi connectivity index (χ0) is 14.6. The zero-order valence-electron chi connectivity index (χ0n) is 11.8. The van der Waals surface area contributed by atoms with Gasteiger partial charge in [0.05, 0.1) is 18.1 Å². The first-order valence-corrected chi connectivity index (χ1v) is 6.51. The second-order valence-electron chi connectivity index (χ2n) is 4.85.